The van der Waals surface area contributed by atoms with Crippen molar-refractivity contribution >= 4 is 31.9 Å². The summed E-state index contributed by atoms with van der Waals surface area (Å²) < 4.78 is 29.6. The van der Waals surface area contributed by atoms with Crippen molar-refractivity contribution < 1.29 is 13.5 Å². The van der Waals surface area contributed by atoms with Crippen LogP contribution in [-0.2, 0) is 6.54 Å². The number of alkyl halides is 2. The molecule has 0 spiro atoms. The molecule has 0 heterocycles. The zero-order valence-corrected chi connectivity index (χ0v) is 11.7. The average Bonchev–Trinajstić information content (AvgIpc) is 2.20. The van der Waals surface area contributed by atoms with Gasteiger partial charge in [0.1, 0.15) is 0 Å². The Bertz CT molecular complexity index is 338. The van der Waals surface area contributed by atoms with Crippen LogP contribution < -0.4 is 10.1 Å². The predicted octanol–water partition coefficient (Wildman–Crippen LogP) is 3.92. The summed E-state index contributed by atoms with van der Waals surface area (Å²) in [6.07, 6.45) is 0. The standard InChI is InChI=1S/C10H11Br2F2NO/c1-2-15-5-6-3-7(11)9(8(12)4-6)16-10(13)14/h3-4,10,15H,2,5H2,1H3. The van der Waals surface area contributed by atoms with Crippen LogP contribution in [0.1, 0.15) is 12.5 Å². The minimum Gasteiger partial charge on any atom is -0.432 e. The van der Waals surface area contributed by atoms with Crippen molar-refractivity contribution in [3.8, 4) is 5.75 Å². The highest BCUT2D eigenvalue weighted by Gasteiger charge is 2.13. The monoisotopic (exact) mass is 357 g/mol. The summed E-state index contributed by atoms with van der Waals surface area (Å²) in [5.74, 6) is 0.121. The van der Waals surface area contributed by atoms with Gasteiger partial charge in [0.05, 0.1) is 8.95 Å². The van der Waals surface area contributed by atoms with Gasteiger partial charge >= 0.3 is 6.61 Å². The first-order valence-electron chi connectivity index (χ1n) is 4.68. The van der Waals surface area contributed by atoms with E-state index in [4.69, 9.17) is 0 Å². The first-order valence-corrected chi connectivity index (χ1v) is 6.26. The summed E-state index contributed by atoms with van der Waals surface area (Å²) in [5, 5.41) is 3.15. The van der Waals surface area contributed by atoms with Gasteiger partial charge in [0.25, 0.3) is 0 Å². The minimum atomic E-state index is -2.83. The van der Waals surface area contributed by atoms with E-state index in [1.807, 2.05) is 6.92 Å². The first-order chi connectivity index (χ1) is 7.54. The van der Waals surface area contributed by atoms with E-state index in [2.05, 4.69) is 41.9 Å². The normalized spacial score (nSPS) is 10.9. The first kappa shape index (κ1) is 13.9. The highest BCUT2D eigenvalue weighted by atomic mass is 79.9. The molecule has 0 unspecified atom stereocenters. The molecule has 1 rings (SSSR count). The summed E-state index contributed by atoms with van der Waals surface area (Å²) in [5.41, 5.74) is 0.988. The molecule has 0 bridgehead atoms. The lowest BCUT2D eigenvalue weighted by molar-refractivity contribution is -0.0508. The van der Waals surface area contributed by atoms with Crippen LogP contribution in [0.2, 0.25) is 0 Å². The number of rotatable bonds is 5. The Morgan fingerprint density at radius 1 is 1.31 bits per heavy atom. The third-order valence-corrected chi connectivity index (χ3v) is 3.02. The Morgan fingerprint density at radius 3 is 2.31 bits per heavy atom. The number of hydrogen-bond donors (Lipinski definition) is 1. The Kier molecular flexibility index (Phi) is 5.64. The molecule has 0 aliphatic heterocycles. The fourth-order valence-corrected chi connectivity index (χ4v) is 2.65. The zero-order chi connectivity index (χ0) is 12.1. The van der Waals surface area contributed by atoms with Crippen molar-refractivity contribution in [1.29, 1.82) is 0 Å². The van der Waals surface area contributed by atoms with E-state index in [0.717, 1.165) is 12.1 Å². The van der Waals surface area contributed by atoms with E-state index in [1.165, 1.54) is 0 Å². The molecule has 6 heteroatoms. The molecule has 90 valence electrons. The molecule has 0 aromatic heterocycles. The van der Waals surface area contributed by atoms with Crippen LogP contribution >= 0.6 is 31.9 Å². The highest BCUT2D eigenvalue weighted by molar-refractivity contribution is 9.11. The molecule has 1 aromatic rings. The van der Waals surface area contributed by atoms with Gasteiger partial charge in [-0.25, -0.2) is 0 Å². The van der Waals surface area contributed by atoms with Gasteiger partial charge in [0.15, 0.2) is 5.75 Å². The molecule has 0 radical (unpaired) electrons. The van der Waals surface area contributed by atoms with Crippen LogP contribution in [0, 0.1) is 0 Å². The van der Waals surface area contributed by atoms with Crippen molar-refractivity contribution in [2.45, 2.75) is 20.1 Å². The number of hydrogen-bond acceptors (Lipinski definition) is 2. The molecule has 1 N–H and O–H groups in total. The second-order valence-corrected chi connectivity index (χ2v) is 4.76. The fraction of sp³-hybridized carbons (Fsp3) is 0.400. The molecule has 16 heavy (non-hydrogen) atoms. The average molecular weight is 359 g/mol. The van der Waals surface area contributed by atoms with Crippen molar-refractivity contribution in [2.75, 3.05) is 6.54 Å². The van der Waals surface area contributed by atoms with Gasteiger partial charge in [-0.05, 0) is 56.1 Å². The van der Waals surface area contributed by atoms with Gasteiger partial charge in [-0.1, -0.05) is 6.92 Å². The number of benzene rings is 1. The fourth-order valence-electron chi connectivity index (χ4n) is 1.19. The van der Waals surface area contributed by atoms with Gasteiger partial charge in [0.2, 0.25) is 0 Å². The van der Waals surface area contributed by atoms with Crippen molar-refractivity contribution in [2.24, 2.45) is 0 Å². The lowest BCUT2D eigenvalue weighted by Gasteiger charge is -2.11. The van der Waals surface area contributed by atoms with Crippen LogP contribution in [0.5, 0.6) is 5.75 Å². The minimum absolute atomic E-state index is 0.121. The van der Waals surface area contributed by atoms with Crippen molar-refractivity contribution in [3.05, 3.63) is 26.6 Å². The second kappa shape index (κ2) is 6.51. The van der Waals surface area contributed by atoms with Gasteiger partial charge in [-0.2, -0.15) is 8.78 Å². The molecular formula is C10H11Br2F2NO. The van der Waals surface area contributed by atoms with Gasteiger partial charge in [-0.3, -0.25) is 0 Å². The molecular weight excluding hydrogens is 348 g/mol. The molecule has 1 aromatic carbocycles. The van der Waals surface area contributed by atoms with E-state index in [9.17, 15) is 8.78 Å². The SMILES string of the molecule is CCNCc1cc(Br)c(OC(F)F)c(Br)c1. The Hall–Kier alpha value is -0.200. The quantitative estimate of drug-likeness (QED) is 0.861. The smallest absolute Gasteiger partial charge is 0.387 e. The molecule has 0 saturated heterocycles. The third-order valence-electron chi connectivity index (χ3n) is 1.84. The maximum absolute atomic E-state index is 12.1. The van der Waals surface area contributed by atoms with Gasteiger partial charge in [0, 0.05) is 6.54 Å². The molecule has 0 fully saturated rings. The van der Waals surface area contributed by atoms with Crippen LogP contribution in [0.3, 0.4) is 0 Å². The molecule has 0 aliphatic carbocycles. The number of ether oxygens (including phenoxy) is 1. The summed E-state index contributed by atoms with van der Waals surface area (Å²) in [7, 11) is 0. The molecule has 0 atom stereocenters. The second-order valence-electron chi connectivity index (χ2n) is 3.05. The van der Waals surface area contributed by atoms with Crippen LogP contribution in [0.4, 0.5) is 8.78 Å². The van der Waals surface area contributed by atoms with Crippen LogP contribution in [-0.4, -0.2) is 13.2 Å². The van der Waals surface area contributed by atoms with E-state index in [0.29, 0.717) is 15.5 Å². The summed E-state index contributed by atoms with van der Waals surface area (Å²) >= 11 is 6.40. The lowest BCUT2D eigenvalue weighted by atomic mass is 10.2. The van der Waals surface area contributed by atoms with Gasteiger partial charge in [-0.15, -0.1) is 0 Å². The maximum atomic E-state index is 12.1. The number of halogens is 4. The molecule has 0 aliphatic rings. The van der Waals surface area contributed by atoms with E-state index in [1.54, 1.807) is 12.1 Å². The molecule has 0 amide bonds. The zero-order valence-electron chi connectivity index (χ0n) is 8.57. The van der Waals surface area contributed by atoms with Crippen LogP contribution in [0.25, 0.3) is 0 Å². The summed E-state index contributed by atoms with van der Waals surface area (Å²) in [6, 6.07) is 3.51. The van der Waals surface area contributed by atoms with E-state index >= 15 is 0 Å². The van der Waals surface area contributed by atoms with Crippen LogP contribution in [0.15, 0.2) is 21.1 Å². The van der Waals surface area contributed by atoms with Gasteiger partial charge < -0.3 is 10.1 Å². The third kappa shape index (κ3) is 3.99. The maximum Gasteiger partial charge on any atom is 0.387 e. The van der Waals surface area contributed by atoms with Crippen molar-refractivity contribution in [1.82, 2.24) is 5.32 Å². The highest BCUT2D eigenvalue weighted by Crippen LogP contribution is 2.35. The topological polar surface area (TPSA) is 21.3 Å². The largest absolute Gasteiger partial charge is 0.432 e. The van der Waals surface area contributed by atoms with E-state index < -0.39 is 6.61 Å². The summed E-state index contributed by atoms with van der Waals surface area (Å²) in [4.78, 5) is 0. The Morgan fingerprint density at radius 2 is 1.88 bits per heavy atom. The van der Waals surface area contributed by atoms with Crippen molar-refractivity contribution in [3.63, 3.8) is 0 Å². The molecule has 2 nitrogen and oxygen atoms in total. The molecule has 0 saturated carbocycles. The predicted molar refractivity (Wildman–Crippen MR) is 65.9 cm³/mol. The number of nitrogens with one attached hydrogen (secondary N) is 1. The van der Waals surface area contributed by atoms with E-state index in [-0.39, 0.29) is 5.75 Å². The Labute approximate surface area is 110 Å². The Balaban J connectivity index is 2.89. The summed E-state index contributed by atoms with van der Waals surface area (Å²) in [6.45, 7) is 0.707. The lowest BCUT2D eigenvalue weighted by Crippen LogP contribution is -2.12.